The topological polar surface area (TPSA) is 97.3 Å². The second-order valence-corrected chi connectivity index (χ2v) is 4.28. The summed E-state index contributed by atoms with van der Waals surface area (Å²) in [5.74, 6) is 1.17. The Kier molecular flexibility index (Phi) is 3.62. The van der Waals surface area contributed by atoms with Gasteiger partial charge in [-0.2, -0.15) is 0 Å². The molecule has 1 aliphatic heterocycles. The van der Waals surface area contributed by atoms with Crippen LogP contribution in [-0.2, 0) is 6.54 Å². The van der Waals surface area contributed by atoms with E-state index in [0.717, 1.165) is 18.8 Å². The van der Waals surface area contributed by atoms with Crippen LogP contribution in [0.1, 0.15) is 5.89 Å². The third-order valence-electron chi connectivity index (χ3n) is 2.15. The molecule has 7 nitrogen and oxygen atoms in total. The molecule has 1 aromatic heterocycles. The Balaban J connectivity index is 1.73. The van der Waals surface area contributed by atoms with Gasteiger partial charge in [0, 0.05) is 25.4 Å². The first-order chi connectivity index (χ1) is 7.79. The van der Waals surface area contributed by atoms with Crippen LogP contribution < -0.4 is 11.1 Å². The van der Waals surface area contributed by atoms with Gasteiger partial charge in [-0.05, 0) is 0 Å². The molecule has 2 amide bonds. The molecule has 0 aliphatic carbocycles. The number of aromatic nitrogens is 2. The van der Waals surface area contributed by atoms with Gasteiger partial charge in [0.15, 0.2) is 0 Å². The first-order valence-corrected chi connectivity index (χ1v) is 5.96. The number of nitrogens with one attached hydrogen (secondary N) is 1. The largest absolute Gasteiger partial charge is 0.415 e. The molecule has 0 aromatic carbocycles. The zero-order valence-electron chi connectivity index (χ0n) is 8.68. The van der Waals surface area contributed by atoms with Crippen LogP contribution in [0.5, 0.6) is 0 Å². The summed E-state index contributed by atoms with van der Waals surface area (Å²) >= 11 is 1.43. The maximum Gasteiger partial charge on any atom is 0.317 e. The predicted molar refractivity (Wildman–Crippen MR) is 57.9 cm³/mol. The Hall–Kier alpha value is -1.28. The molecule has 1 aliphatic rings. The first kappa shape index (κ1) is 11.2. The lowest BCUT2D eigenvalue weighted by molar-refractivity contribution is 0.220. The van der Waals surface area contributed by atoms with Crippen LogP contribution in [0.25, 0.3) is 0 Å². The lowest BCUT2D eigenvalue weighted by atomic mass is 10.6. The molecule has 0 bridgehead atoms. The molecule has 16 heavy (non-hydrogen) atoms. The van der Waals surface area contributed by atoms with Crippen molar-refractivity contribution in [3.05, 3.63) is 5.89 Å². The summed E-state index contributed by atoms with van der Waals surface area (Å²) in [6.45, 7) is 2.41. The smallest absolute Gasteiger partial charge is 0.317 e. The number of hydrogen-bond donors (Lipinski definition) is 2. The van der Waals surface area contributed by atoms with Crippen LogP contribution in [-0.4, -0.2) is 46.5 Å². The Bertz CT molecular complexity index is 369. The standard InChI is InChI=1S/C8H13N5O2S/c9-5-6-11-12-8(15-6)16-4-3-13-2-1-10-7(13)14/h1-5,9H2,(H,10,14). The van der Waals surface area contributed by atoms with Crippen LogP contribution >= 0.6 is 11.8 Å². The molecule has 0 spiro atoms. The van der Waals surface area contributed by atoms with Gasteiger partial charge < -0.3 is 20.4 Å². The summed E-state index contributed by atoms with van der Waals surface area (Å²) in [6.07, 6.45) is 0. The molecule has 1 aromatic rings. The quantitative estimate of drug-likeness (QED) is 0.686. The Morgan fingerprint density at radius 2 is 2.44 bits per heavy atom. The van der Waals surface area contributed by atoms with E-state index in [2.05, 4.69) is 15.5 Å². The number of carbonyl (C=O) groups excluding carboxylic acids is 1. The summed E-state index contributed by atoms with van der Waals surface area (Å²) in [5, 5.41) is 10.8. The highest BCUT2D eigenvalue weighted by atomic mass is 32.2. The van der Waals surface area contributed by atoms with Crippen molar-refractivity contribution in [2.75, 3.05) is 25.4 Å². The van der Waals surface area contributed by atoms with Crippen molar-refractivity contribution in [1.29, 1.82) is 0 Å². The van der Waals surface area contributed by atoms with Gasteiger partial charge in [-0.3, -0.25) is 0 Å². The van der Waals surface area contributed by atoms with Crippen molar-refractivity contribution in [2.24, 2.45) is 5.73 Å². The highest BCUT2D eigenvalue weighted by Gasteiger charge is 2.18. The highest BCUT2D eigenvalue weighted by Crippen LogP contribution is 2.16. The average Bonchev–Trinajstić information content (AvgIpc) is 2.89. The van der Waals surface area contributed by atoms with Crippen LogP contribution in [0.15, 0.2) is 9.64 Å². The van der Waals surface area contributed by atoms with Crippen molar-refractivity contribution in [3.63, 3.8) is 0 Å². The van der Waals surface area contributed by atoms with Crippen LogP contribution in [0.3, 0.4) is 0 Å². The number of amides is 2. The molecule has 0 saturated carbocycles. The maximum atomic E-state index is 11.2. The molecule has 88 valence electrons. The van der Waals surface area contributed by atoms with Crippen LogP contribution in [0, 0.1) is 0 Å². The van der Waals surface area contributed by atoms with E-state index in [0.29, 0.717) is 17.7 Å². The molecule has 1 fully saturated rings. The summed E-state index contributed by atoms with van der Waals surface area (Å²) in [4.78, 5) is 13.0. The third kappa shape index (κ3) is 2.64. The normalized spacial score (nSPS) is 15.6. The van der Waals surface area contributed by atoms with Gasteiger partial charge in [-0.15, -0.1) is 10.2 Å². The van der Waals surface area contributed by atoms with Gasteiger partial charge in [0.25, 0.3) is 5.22 Å². The lowest BCUT2D eigenvalue weighted by Gasteiger charge is -2.11. The van der Waals surface area contributed by atoms with E-state index in [4.69, 9.17) is 10.2 Å². The molecule has 0 radical (unpaired) electrons. The molecular weight excluding hydrogens is 230 g/mol. The maximum absolute atomic E-state index is 11.2. The number of carbonyl (C=O) groups is 1. The fourth-order valence-electron chi connectivity index (χ4n) is 1.35. The summed E-state index contributed by atoms with van der Waals surface area (Å²) in [7, 11) is 0. The monoisotopic (exact) mass is 243 g/mol. The van der Waals surface area contributed by atoms with E-state index in [9.17, 15) is 4.79 Å². The fraction of sp³-hybridized carbons (Fsp3) is 0.625. The first-order valence-electron chi connectivity index (χ1n) is 4.97. The van der Waals surface area contributed by atoms with Crippen molar-refractivity contribution in [1.82, 2.24) is 20.4 Å². The Morgan fingerprint density at radius 3 is 3.06 bits per heavy atom. The number of urea groups is 1. The minimum Gasteiger partial charge on any atom is -0.415 e. The molecule has 2 rings (SSSR count). The van der Waals surface area contributed by atoms with Gasteiger partial charge in [-0.25, -0.2) is 4.79 Å². The fourth-order valence-corrected chi connectivity index (χ4v) is 2.09. The second kappa shape index (κ2) is 5.17. The van der Waals surface area contributed by atoms with E-state index in [1.165, 1.54) is 11.8 Å². The SMILES string of the molecule is NCc1nnc(SCCN2CCNC2=O)o1. The van der Waals surface area contributed by atoms with E-state index in [-0.39, 0.29) is 12.6 Å². The summed E-state index contributed by atoms with van der Waals surface area (Å²) in [6, 6.07) is -0.00576. The van der Waals surface area contributed by atoms with Crippen molar-refractivity contribution < 1.29 is 9.21 Å². The minimum atomic E-state index is -0.00576. The van der Waals surface area contributed by atoms with Crippen molar-refractivity contribution in [2.45, 2.75) is 11.8 Å². The van der Waals surface area contributed by atoms with E-state index >= 15 is 0 Å². The molecule has 2 heterocycles. The van der Waals surface area contributed by atoms with Gasteiger partial charge in [0.1, 0.15) is 0 Å². The van der Waals surface area contributed by atoms with Gasteiger partial charge >= 0.3 is 6.03 Å². The zero-order chi connectivity index (χ0) is 11.4. The molecule has 8 heteroatoms. The minimum absolute atomic E-state index is 0.00576. The van der Waals surface area contributed by atoms with Gasteiger partial charge in [-0.1, -0.05) is 11.8 Å². The zero-order valence-corrected chi connectivity index (χ0v) is 9.50. The number of thioether (sulfide) groups is 1. The Morgan fingerprint density at radius 1 is 1.56 bits per heavy atom. The number of nitrogens with zero attached hydrogens (tertiary/aromatic N) is 3. The predicted octanol–water partition coefficient (Wildman–Crippen LogP) is -0.354. The van der Waals surface area contributed by atoms with Crippen LogP contribution in [0.4, 0.5) is 4.79 Å². The molecule has 0 unspecified atom stereocenters. The van der Waals surface area contributed by atoms with Crippen molar-refractivity contribution >= 4 is 17.8 Å². The molecule has 3 N–H and O–H groups in total. The van der Waals surface area contributed by atoms with Gasteiger partial charge in [0.2, 0.25) is 5.89 Å². The molecule has 0 atom stereocenters. The van der Waals surface area contributed by atoms with E-state index in [1.54, 1.807) is 4.90 Å². The molecular formula is C8H13N5O2S. The van der Waals surface area contributed by atoms with Crippen molar-refractivity contribution in [3.8, 4) is 0 Å². The number of rotatable bonds is 5. The highest BCUT2D eigenvalue weighted by molar-refractivity contribution is 7.99. The second-order valence-electron chi connectivity index (χ2n) is 3.23. The van der Waals surface area contributed by atoms with E-state index < -0.39 is 0 Å². The number of hydrogen-bond acceptors (Lipinski definition) is 6. The van der Waals surface area contributed by atoms with E-state index in [1.807, 2.05) is 0 Å². The third-order valence-corrected chi connectivity index (χ3v) is 2.95. The average molecular weight is 243 g/mol. The van der Waals surface area contributed by atoms with Gasteiger partial charge in [0.05, 0.1) is 6.54 Å². The van der Waals surface area contributed by atoms with Crippen LogP contribution in [0.2, 0.25) is 0 Å². The summed E-state index contributed by atoms with van der Waals surface area (Å²) in [5.41, 5.74) is 5.34. The Labute approximate surface area is 96.8 Å². The molecule has 1 saturated heterocycles. The number of nitrogens with two attached hydrogens (primary N) is 1. The lowest BCUT2D eigenvalue weighted by Crippen LogP contribution is -2.30. The summed E-state index contributed by atoms with van der Waals surface area (Å²) < 4.78 is 5.22.